The summed E-state index contributed by atoms with van der Waals surface area (Å²) < 4.78 is 29.8. The summed E-state index contributed by atoms with van der Waals surface area (Å²) in [6.07, 6.45) is 3.81. The highest BCUT2D eigenvalue weighted by atomic mass is 32.2. The molecule has 1 aromatic rings. The Morgan fingerprint density at radius 3 is 2.68 bits per heavy atom. The van der Waals surface area contributed by atoms with E-state index in [1.165, 1.54) is 7.11 Å². The maximum absolute atomic E-state index is 12.4. The Bertz CT molecular complexity index is 527. The zero-order valence-corrected chi connectivity index (χ0v) is 12.0. The number of hydrogen-bond acceptors (Lipinski definition) is 4. The Morgan fingerprint density at radius 2 is 2.05 bits per heavy atom. The predicted molar refractivity (Wildman–Crippen MR) is 75.0 cm³/mol. The number of methoxy groups -OCH3 is 1. The first-order valence-electron chi connectivity index (χ1n) is 6.66. The summed E-state index contributed by atoms with van der Waals surface area (Å²) in [7, 11) is -1.81. The number of hydrogen-bond donors (Lipinski definition) is 1. The SMILES string of the molecule is COc1ccccc1S(=O)(=O)CCC1CCCC1N. The summed E-state index contributed by atoms with van der Waals surface area (Å²) >= 11 is 0. The van der Waals surface area contributed by atoms with Crippen molar-refractivity contribution in [2.75, 3.05) is 12.9 Å². The molecular formula is C14H21NO3S. The Labute approximate surface area is 114 Å². The molecule has 1 aliphatic carbocycles. The van der Waals surface area contributed by atoms with E-state index in [9.17, 15) is 8.42 Å². The highest BCUT2D eigenvalue weighted by Crippen LogP contribution is 2.30. The monoisotopic (exact) mass is 283 g/mol. The molecule has 1 saturated carbocycles. The van der Waals surface area contributed by atoms with E-state index in [4.69, 9.17) is 10.5 Å². The van der Waals surface area contributed by atoms with Crippen molar-refractivity contribution in [3.8, 4) is 5.75 Å². The molecule has 2 N–H and O–H groups in total. The molecule has 0 spiro atoms. The number of sulfone groups is 1. The van der Waals surface area contributed by atoms with Crippen LogP contribution >= 0.6 is 0 Å². The van der Waals surface area contributed by atoms with Crippen molar-refractivity contribution in [2.45, 2.75) is 36.6 Å². The molecule has 0 radical (unpaired) electrons. The van der Waals surface area contributed by atoms with E-state index < -0.39 is 9.84 Å². The number of nitrogens with two attached hydrogens (primary N) is 1. The van der Waals surface area contributed by atoms with Gasteiger partial charge in [-0.2, -0.15) is 0 Å². The van der Waals surface area contributed by atoms with Crippen molar-refractivity contribution in [1.82, 2.24) is 0 Å². The fourth-order valence-corrected chi connectivity index (χ4v) is 4.29. The molecule has 0 heterocycles. The van der Waals surface area contributed by atoms with Gasteiger partial charge < -0.3 is 10.5 Å². The lowest BCUT2D eigenvalue weighted by molar-refractivity contribution is 0.402. The molecule has 1 fully saturated rings. The van der Waals surface area contributed by atoms with Gasteiger partial charge in [0.25, 0.3) is 0 Å². The third-order valence-electron chi connectivity index (χ3n) is 3.88. The summed E-state index contributed by atoms with van der Waals surface area (Å²) in [6.45, 7) is 0. The average molecular weight is 283 g/mol. The molecule has 0 saturated heterocycles. The van der Waals surface area contributed by atoms with Crippen LogP contribution in [-0.2, 0) is 9.84 Å². The highest BCUT2D eigenvalue weighted by molar-refractivity contribution is 7.91. The van der Waals surface area contributed by atoms with Gasteiger partial charge in [-0.15, -0.1) is 0 Å². The molecule has 2 rings (SSSR count). The summed E-state index contributed by atoms with van der Waals surface area (Å²) in [4.78, 5) is 0.282. The smallest absolute Gasteiger partial charge is 0.182 e. The van der Waals surface area contributed by atoms with Crippen molar-refractivity contribution in [2.24, 2.45) is 11.7 Å². The third-order valence-corrected chi connectivity index (χ3v) is 5.66. The van der Waals surface area contributed by atoms with E-state index >= 15 is 0 Å². The van der Waals surface area contributed by atoms with Crippen molar-refractivity contribution in [1.29, 1.82) is 0 Å². The summed E-state index contributed by atoms with van der Waals surface area (Å²) in [5.41, 5.74) is 5.98. The molecule has 4 nitrogen and oxygen atoms in total. The van der Waals surface area contributed by atoms with Gasteiger partial charge in [-0.3, -0.25) is 0 Å². The second kappa shape index (κ2) is 5.92. The molecule has 106 valence electrons. The van der Waals surface area contributed by atoms with Gasteiger partial charge in [-0.25, -0.2) is 8.42 Å². The maximum atomic E-state index is 12.4. The lowest BCUT2D eigenvalue weighted by atomic mass is 10.0. The molecule has 5 heteroatoms. The third kappa shape index (κ3) is 3.28. The fraction of sp³-hybridized carbons (Fsp3) is 0.571. The second-order valence-electron chi connectivity index (χ2n) is 5.11. The van der Waals surface area contributed by atoms with E-state index in [2.05, 4.69) is 0 Å². The van der Waals surface area contributed by atoms with Gasteiger partial charge in [-0.05, 0) is 37.3 Å². The standard InChI is InChI=1S/C14H21NO3S/c1-18-13-7-2-3-8-14(13)19(16,17)10-9-11-5-4-6-12(11)15/h2-3,7-8,11-12H,4-6,9-10,15H2,1H3. The lowest BCUT2D eigenvalue weighted by Crippen LogP contribution is -2.26. The molecule has 2 atom stereocenters. The van der Waals surface area contributed by atoms with Crippen LogP contribution in [0.1, 0.15) is 25.7 Å². The zero-order valence-electron chi connectivity index (χ0n) is 11.2. The Kier molecular flexibility index (Phi) is 4.47. The molecule has 0 aromatic heterocycles. The quantitative estimate of drug-likeness (QED) is 0.897. The number of benzene rings is 1. The van der Waals surface area contributed by atoms with E-state index in [0.29, 0.717) is 18.1 Å². The average Bonchev–Trinajstić information content (AvgIpc) is 2.82. The van der Waals surface area contributed by atoms with Crippen molar-refractivity contribution >= 4 is 9.84 Å². The molecule has 0 aliphatic heterocycles. The van der Waals surface area contributed by atoms with Gasteiger partial charge in [0.15, 0.2) is 9.84 Å². The summed E-state index contributed by atoms with van der Waals surface area (Å²) in [5.74, 6) is 0.897. The minimum absolute atomic E-state index is 0.145. The lowest BCUT2D eigenvalue weighted by Gasteiger charge is -2.15. The molecule has 2 unspecified atom stereocenters. The van der Waals surface area contributed by atoms with Gasteiger partial charge in [0.1, 0.15) is 10.6 Å². The summed E-state index contributed by atoms with van der Waals surface area (Å²) in [5, 5.41) is 0. The molecule has 19 heavy (non-hydrogen) atoms. The van der Waals surface area contributed by atoms with Gasteiger partial charge in [0, 0.05) is 6.04 Å². The first-order chi connectivity index (χ1) is 9.04. The predicted octanol–water partition coefficient (Wildman–Crippen LogP) is 1.99. The highest BCUT2D eigenvalue weighted by Gasteiger charge is 2.27. The number of rotatable bonds is 5. The van der Waals surface area contributed by atoms with Crippen LogP contribution in [-0.4, -0.2) is 27.3 Å². The molecular weight excluding hydrogens is 262 g/mol. The van der Waals surface area contributed by atoms with Gasteiger partial charge in [0.2, 0.25) is 0 Å². The van der Waals surface area contributed by atoms with Gasteiger partial charge >= 0.3 is 0 Å². The van der Waals surface area contributed by atoms with Crippen LogP contribution in [0.3, 0.4) is 0 Å². The van der Waals surface area contributed by atoms with Crippen LogP contribution in [0.25, 0.3) is 0 Å². The van der Waals surface area contributed by atoms with Gasteiger partial charge in [-0.1, -0.05) is 18.6 Å². The first-order valence-corrected chi connectivity index (χ1v) is 8.31. The Balaban J connectivity index is 2.09. The van der Waals surface area contributed by atoms with E-state index in [1.807, 2.05) is 0 Å². The number of para-hydroxylation sites is 1. The van der Waals surface area contributed by atoms with Gasteiger partial charge in [0.05, 0.1) is 12.9 Å². The molecule has 1 aliphatic rings. The number of ether oxygens (including phenoxy) is 1. The Morgan fingerprint density at radius 1 is 1.32 bits per heavy atom. The summed E-state index contributed by atoms with van der Waals surface area (Å²) in [6, 6.07) is 6.92. The minimum Gasteiger partial charge on any atom is -0.495 e. The topological polar surface area (TPSA) is 69.4 Å². The van der Waals surface area contributed by atoms with Crippen molar-refractivity contribution < 1.29 is 13.2 Å². The zero-order chi connectivity index (χ0) is 13.9. The molecule has 0 amide bonds. The van der Waals surface area contributed by atoms with Crippen molar-refractivity contribution in [3.63, 3.8) is 0 Å². The van der Waals surface area contributed by atoms with E-state index in [1.54, 1.807) is 24.3 Å². The van der Waals surface area contributed by atoms with Crippen LogP contribution in [0, 0.1) is 5.92 Å². The molecule has 0 bridgehead atoms. The first kappa shape index (κ1) is 14.3. The van der Waals surface area contributed by atoms with Crippen LogP contribution < -0.4 is 10.5 Å². The fourth-order valence-electron chi connectivity index (χ4n) is 2.72. The van der Waals surface area contributed by atoms with Crippen LogP contribution in [0.4, 0.5) is 0 Å². The Hall–Kier alpha value is -1.07. The minimum atomic E-state index is -3.29. The van der Waals surface area contributed by atoms with Crippen LogP contribution in [0.5, 0.6) is 5.75 Å². The second-order valence-corrected chi connectivity index (χ2v) is 7.19. The normalized spacial score (nSPS) is 23.5. The largest absolute Gasteiger partial charge is 0.495 e. The van der Waals surface area contributed by atoms with Crippen molar-refractivity contribution in [3.05, 3.63) is 24.3 Å². The van der Waals surface area contributed by atoms with E-state index in [-0.39, 0.29) is 16.7 Å². The van der Waals surface area contributed by atoms with E-state index in [0.717, 1.165) is 19.3 Å². The molecule has 1 aromatic carbocycles. The maximum Gasteiger partial charge on any atom is 0.182 e. The van der Waals surface area contributed by atoms with Crippen LogP contribution in [0.2, 0.25) is 0 Å². The van der Waals surface area contributed by atoms with Crippen LogP contribution in [0.15, 0.2) is 29.2 Å².